The number of carboxylic acid groups (broad SMARTS) is 1. The number of hydrogen-bond donors (Lipinski definition) is 2. The Hall–Kier alpha value is -2.70. The fourth-order valence-electron chi connectivity index (χ4n) is 3.07. The zero-order valence-electron chi connectivity index (χ0n) is 12.6. The van der Waals surface area contributed by atoms with E-state index in [2.05, 4.69) is 15.4 Å². The number of aromatic nitrogens is 3. The van der Waals surface area contributed by atoms with Crippen LogP contribution in [0.2, 0.25) is 0 Å². The lowest BCUT2D eigenvalue weighted by atomic mass is 9.93. The molecular weight excluding hydrogens is 296 g/mol. The van der Waals surface area contributed by atoms with Crippen molar-refractivity contribution in [3.8, 4) is 5.82 Å². The molecule has 7 heteroatoms. The minimum absolute atomic E-state index is 0.0579. The average Bonchev–Trinajstić information content (AvgIpc) is 3.19. The van der Waals surface area contributed by atoms with Gasteiger partial charge in [-0.15, -0.1) is 0 Å². The summed E-state index contributed by atoms with van der Waals surface area (Å²) < 4.78 is 1.57. The Kier molecular flexibility index (Phi) is 4.10. The predicted molar refractivity (Wildman–Crippen MR) is 82.3 cm³/mol. The van der Waals surface area contributed by atoms with Gasteiger partial charge in [-0.3, -0.25) is 9.59 Å². The molecule has 0 spiro atoms. The lowest BCUT2D eigenvalue weighted by Crippen LogP contribution is -2.48. The highest BCUT2D eigenvalue weighted by atomic mass is 16.4. The quantitative estimate of drug-likeness (QED) is 0.877. The zero-order valence-corrected chi connectivity index (χ0v) is 12.6. The number of aliphatic carboxylic acids is 1. The Morgan fingerprint density at radius 2 is 2.04 bits per heavy atom. The maximum Gasteiger partial charge on any atom is 0.305 e. The molecule has 2 aromatic heterocycles. The predicted octanol–water partition coefficient (Wildman–Crippen LogP) is 1.78. The molecule has 0 radical (unpaired) electrons. The molecule has 3 rings (SSSR count). The molecule has 1 aliphatic carbocycles. The van der Waals surface area contributed by atoms with Crippen molar-refractivity contribution in [1.82, 2.24) is 20.1 Å². The maximum atomic E-state index is 12.5. The van der Waals surface area contributed by atoms with E-state index in [9.17, 15) is 9.59 Å². The second kappa shape index (κ2) is 6.20. The average molecular weight is 314 g/mol. The summed E-state index contributed by atoms with van der Waals surface area (Å²) in [5.41, 5.74) is -0.401. The number of carboxylic acids is 1. The molecule has 0 aromatic carbocycles. The third-order valence-electron chi connectivity index (χ3n) is 4.14. The van der Waals surface area contributed by atoms with Gasteiger partial charge in [0, 0.05) is 12.4 Å². The summed E-state index contributed by atoms with van der Waals surface area (Å²) in [5.74, 6) is -0.700. The Bertz CT molecular complexity index is 706. The summed E-state index contributed by atoms with van der Waals surface area (Å²) in [7, 11) is 0. The molecule has 0 unspecified atom stereocenters. The lowest BCUT2D eigenvalue weighted by Gasteiger charge is -2.28. The van der Waals surface area contributed by atoms with Crippen LogP contribution >= 0.6 is 0 Å². The molecule has 23 heavy (non-hydrogen) atoms. The van der Waals surface area contributed by atoms with Crippen molar-refractivity contribution in [3.05, 3.63) is 42.4 Å². The first-order chi connectivity index (χ1) is 11.1. The van der Waals surface area contributed by atoms with E-state index >= 15 is 0 Å². The van der Waals surface area contributed by atoms with Crippen LogP contribution in [0, 0.1) is 0 Å². The molecule has 1 saturated carbocycles. The van der Waals surface area contributed by atoms with Gasteiger partial charge < -0.3 is 10.4 Å². The number of hydrogen-bond acceptors (Lipinski definition) is 4. The SMILES string of the molecule is O=C(O)CC1(NC(=O)c2cccc(-n3cccn3)n2)CCCC1. The Labute approximate surface area is 133 Å². The van der Waals surface area contributed by atoms with E-state index in [0.29, 0.717) is 18.7 Å². The topological polar surface area (TPSA) is 97.1 Å². The van der Waals surface area contributed by atoms with E-state index in [1.165, 1.54) is 0 Å². The van der Waals surface area contributed by atoms with Crippen LogP contribution in [0.5, 0.6) is 0 Å². The normalized spacial score (nSPS) is 16.2. The number of carbonyl (C=O) groups is 2. The first kappa shape index (κ1) is 15.2. The summed E-state index contributed by atoms with van der Waals surface area (Å²) in [6.45, 7) is 0. The highest BCUT2D eigenvalue weighted by molar-refractivity contribution is 5.93. The first-order valence-electron chi connectivity index (χ1n) is 7.59. The van der Waals surface area contributed by atoms with Crippen LogP contribution in [0.15, 0.2) is 36.7 Å². The van der Waals surface area contributed by atoms with Crippen molar-refractivity contribution in [2.75, 3.05) is 0 Å². The third-order valence-corrected chi connectivity index (χ3v) is 4.14. The molecule has 2 aromatic rings. The molecule has 7 nitrogen and oxygen atoms in total. The molecule has 1 amide bonds. The molecule has 0 saturated heterocycles. The van der Waals surface area contributed by atoms with Gasteiger partial charge in [-0.2, -0.15) is 5.10 Å². The fourth-order valence-corrected chi connectivity index (χ4v) is 3.07. The number of rotatable bonds is 5. The smallest absolute Gasteiger partial charge is 0.305 e. The molecule has 1 fully saturated rings. The Morgan fingerprint density at radius 1 is 1.26 bits per heavy atom. The molecule has 0 aliphatic heterocycles. The van der Waals surface area contributed by atoms with Crippen LogP contribution in [0.4, 0.5) is 0 Å². The van der Waals surface area contributed by atoms with Gasteiger partial charge in [0.1, 0.15) is 5.69 Å². The zero-order chi connectivity index (χ0) is 16.3. The Balaban J connectivity index is 1.80. The van der Waals surface area contributed by atoms with Gasteiger partial charge in [-0.1, -0.05) is 18.9 Å². The highest BCUT2D eigenvalue weighted by Gasteiger charge is 2.37. The second-order valence-corrected chi connectivity index (χ2v) is 5.84. The largest absolute Gasteiger partial charge is 0.481 e. The van der Waals surface area contributed by atoms with Gasteiger partial charge in [0.05, 0.1) is 12.0 Å². The molecule has 2 N–H and O–H groups in total. The van der Waals surface area contributed by atoms with E-state index in [-0.39, 0.29) is 18.0 Å². The van der Waals surface area contributed by atoms with Crippen LogP contribution in [0.25, 0.3) is 5.82 Å². The van der Waals surface area contributed by atoms with Crippen molar-refractivity contribution in [3.63, 3.8) is 0 Å². The van der Waals surface area contributed by atoms with E-state index < -0.39 is 11.5 Å². The summed E-state index contributed by atoms with van der Waals surface area (Å²) in [5, 5.41) is 16.1. The second-order valence-electron chi connectivity index (χ2n) is 5.84. The van der Waals surface area contributed by atoms with Crippen molar-refractivity contribution in [2.45, 2.75) is 37.6 Å². The summed E-state index contributed by atoms with van der Waals surface area (Å²) in [6, 6.07) is 6.88. The molecule has 0 bridgehead atoms. The van der Waals surface area contributed by atoms with Crippen LogP contribution in [-0.4, -0.2) is 37.3 Å². The summed E-state index contributed by atoms with van der Waals surface area (Å²) >= 11 is 0. The fraction of sp³-hybridized carbons (Fsp3) is 0.375. The van der Waals surface area contributed by atoms with Crippen molar-refractivity contribution in [2.24, 2.45) is 0 Å². The Morgan fingerprint density at radius 3 is 2.70 bits per heavy atom. The van der Waals surface area contributed by atoms with Crippen molar-refractivity contribution < 1.29 is 14.7 Å². The van der Waals surface area contributed by atoms with E-state index in [4.69, 9.17) is 5.11 Å². The standard InChI is InChI=1S/C16H18N4O3/c21-14(22)11-16(7-1-2-8-16)19-15(23)12-5-3-6-13(18-12)20-10-4-9-17-20/h3-6,9-10H,1-2,7-8,11H2,(H,19,23)(H,21,22). The number of pyridine rings is 1. The van der Waals surface area contributed by atoms with E-state index in [0.717, 1.165) is 12.8 Å². The van der Waals surface area contributed by atoms with Gasteiger partial charge in [-0.25, -0.2) is 9.67 Å². The lowest BCUT2D eigenvalue weighted by molar-refractivity contribution is -0.138. The third kappa shape index (κ3) is 3.39. The molecule has 1 aliphatic rings. The molecular formula is C16H18N4O3. The highest BCUT2D eigenvalue weighted by Crippen LogP contribution is 2.32. The molecule has 2 heterocycles. The summed E-state index contributed by atoms with van der Waals surface area (Å²) in [6.07, 6.45) is 6.54. The monoisotopic (exact) mass is 314 g/mol. The van der Waals surface area contributed by atoms with E-state index in [1.807, 2.05) is 0 Å². The number of nitrogens with one attached hydrogen (secondary N) is 1. The van der Waals surface area contributed by atoms with Gasteiger partial charge in [0.2, 0.25) is 0 Å². The van der Waals surface area contributed by atoms with Crippen molar-refractivity contribution >= 4 is 11.9 Å². The minimum atomic E-state index is -0.898. The van der Waals surface area contributed by atoms with E-state index in [1.54, 1.807) is 41.3 Å². The van der Waals surface area contributed by atoms with Crippen LogP contribution in [0.3, 0.4) is 0 Å². The van der Waals surface area contributed by atoms with Crippen LogP contribution in [-0.2, 0) is 4.79 Å². The van der Waals surface area contributed by atoms with Gasteiger partial charge in [-0.05, 0) is 31.0 Å². The van der Waals surface area contributed by atoms with Gasteiger partial charge >= 0.3 is 5.97 Å². The number of amides is 1. The van der Waals surface area contributed by atoms with Crippen LogP contribution < -0.4 is 5.32 Å². The minimum Gasteiger partial charge on any atom is -0.481 e. The maximum absolute atomic E-state index is 12.5. The summed E-state index contributed by atoms with van der Waals surface area (Å²) in [4.78, 5) is 27.9. The van der Waals surface area contributed by atoms with Gasteiger partial charge in [0.15, 0.2) is 5.82 Å². The number of carbonyl (C=O) groups excluding carboxylic acids is 1. The van der Waals surface area contributed by atoms with Crippen molar-refractivity contribution in [1.29, 1.82) is 0 Å². The molecule has 120 valence electrons. The first-order valence-corrected chi connectivity index (χ1v) is 7.59. The number of nitrogens with zero attached hydrogens (tertiary/aromatic N) is 3. The van der Waals surface area contributed by atoms with Gasteiger partial charge in [0.25, 0.3) is 5.91 Å². The van der Waals surface area contributed by atoms with Crippen LogP contribution in [0.1, 0.15) is 42.6 Å². The molecule has 0 atom stereocenters.